The summed E-state index contributed by atoms with van der Waals surface area (Å²) < 4.78 is 0. The molecule has 1 rings (SSSR count). The Morgan fingerprint density at radius 2 is 1.08 bits per heavy atom. The van der Waals surface area contributed by atoms with Gasteiger partial charge in [-0.1, -0.05) is 110 Å². The number of hydroxylamine groups is 2. The molecule has 0 aliphatic carbocycles. The second-order valence-corrected chi connectivity index (χ2v) is 8.42. The highest BCUT2D eigenvalue weighted by molar-refractivity contribution is 4.76. The summed E-state index contributed by atoms with van der Waals surface area (Å²) in [6.45, 7) is 7.55. The monoisotopic (exact) mass is 368 g/mol. The molecule has 1 heterocycles. The second-order valence-electron chi connectivity index (χ2n) is 8.42. The fraction of sp³-hybridized carbons (Fsp3) is 1.00. The van der Waals surface area contributed by atoms with Crippen molar-refractivity contribution in [3.05, 3.63) is 0 Å². The van der Waals surface area contributed by atoms with Crippen LogP contribution in [0.3, 0.4) is 0 Å². The Labute approximate surface area is 164 Å². The SMILES string of the molecule is CCCCCCCCCCCCCCCCC1N(O)CCN1CCCC. The summed E-state index contributed by atoms with van der Waals surface area (Å²) >= 11 is 0. The third-order valence-corrected chi connectivity index (χ3v) is 6.00. The van der Waals surface area contributed by atoms with E-state index in [9.17, 15) is 5.21 Å². The zero-order chi connectivity index (χ0) is 18.9. The lowest BCUT2D eigenvalue weighted by Gasteiger charge is -2.26. The molecular weight excluding hydrogens is 320 g/mol. The number of rotatable bonds is 18. The lowest BCUT2D eigenvalue weighted by atomic mass is 10.0. The maximum Gasteiger partial charge on any atom is 0.0866 e. The van der Waals surface area contributed by atoms with Gasteiger partial charge in [0.15, 0.2) is 0 Å². The van der Waals surface area contributed by atoms with Gasteiger partial charge in [0, 0.05) is 13.1 Å². The third kappa shape index (κ3) is 11.6. The van der Waals surface area contributed by atoms with Gasteiger partial charge in [0.05, 0.1) is 6.17 Å². The van der Waals surface area contributed by atoms with E-state index in [1.54, 1.807) is 5.06 Å². The predicted octanol–water partition coefficient (Wildman–Crippen LogP) is 6.99. The van der Waals surface area contributed by atoms with Gasteiger partial charge in [-0.3, -0.25) is 4.90 Å². The highest BCUT2D eigenvalue weighted by Gasteiger charge is 2.29. The van der Waals surface area contributed by atoms with E-state index >= 15 is 0 Å². The summed E-state index contributed by atoms with van der Waals surface area (Å²) in [5, 5.41) is 11.6. The van der Waals surface area contributed by atoms with E-state index in [1.165, 1.54) is 103 Å². The van der Waals surface area contributed by atoms with Crippen LogP contribution in [-0.2, 0) is 0 Å². The molecule has 1 N–H and O–H groups in total. The molecule has 1 atom stereocenters. The molecule has 0 amide bonds. The van der Waals surface area contributed by atoms with Crippen LogP contribution in [0.2, 0.25) is 0 Å². The Morgan fingerprint density at radius 1 is 0.615 bits per heavy atom. The summed E-state index contributed by atoms with van der Waals surface area (Å²) in [6, 6.07) is 0. The fourth-order valence-corrected chi connectivity index (χ4v) is 4.19. The molecule has 0 aromatic carbocycles. The molecule has 0 radical (unpaired) electrons. The van der Waals surface area contributed by atoms with Gasteiger partial charge in [0.2, 0.25) is 0 Å². The summed E-state index contributed by atoms with van der Waals surface area (Å²) in [4.78, 5) is 2.48. The van der Waals surface area contributed by atoms with Gasteiger partial charge in [-0.2, -0.15) is 5.06 Å². The molecule has 1 unspecified atom stereocenters. The Kier molecular flexibility index (Phi) is 15.6. The lowest BCUT2D eigenvalue weighted by molar-refractivity contribution is -0.127. The zero-order valence-corrected chi connectivity index (χ0v) is 18.1. The number of nitrogens with zero attached hydrogens (tertiary/aromatic N) is 2. The maximum atomic E-state index is 10.1. The van der Waals surface area contributed by atoms with Gasteiger partial charge in [0.1, 0.15) is 0 Å². The van der Waals surface area contributed by atoms with E-state index in [0.717, 1.165) is 26.1 Å². The standard InChI is InChI=1S/C23H48N2O/c1-3-5-7-8-9-10-11-12-13-14-15-16-17-18-19-23-24(20-6-4-2)21-22-25(23)26/h23,26H,3-22H2,1-2H3. The quantitative estimate of drug-likeness (QED) is 0.264. The normalized spacial score (nSPS) is 18.8. The number of unbranched alkanes of at least 4 members (excludes halogenated alkanes) is 14. The fourth-order valence-electron chi connectivity index (χ4n) is 4.19. The molecule has 156 valence electrons. The first-order valence-electron chi connectivity index (χ1n) is 12.0. The molecule has 1 saturated heterocycles. The highest BCUT2D eigenvalue weighted by atomic mass is 16.5. The Hall–Kier alpha value is -0.120. The van der Waals surface area contributed by atoms with E-state index in [0.29, 0.717) is 6.17 Å². The smallest absolute Gasteiger partial charge is 0.0866 e. The summed E-state index contributed by atoms with van der Waals surface area (Å²) in [6.07, 6.45) is 23.7. The first kappa shape index (κ1) is 23.9. The first-order chi connectivity index (χ1) is 12.8. The van der Waals surface area contributed by atoms with Crippen LogP contribution in [0.25, 0.3) is 0 Å². The van der Waals surface area contributed by atoms with Crippen molar-refractivity contribution in [1.29, 1.82) is 0 Å². The number of hydrogen-bond acceptors (Lipinski definition) is 3. The van der Waals surface area contributed by atoms with Crippen LogP contribution in [0.4, 0.5) is 0 Å². The average Bonchev–Trinajstić information content (AvgIpc) is 3.00. The Morgan fingerprint density at radius 3 is 1.58 bits per heavy atom. The summed E-state index contributed by atoms with van der Waals surface area (Å²) in [5.74, 6) is 0. The summed E-state index contributed by atoms with van der Waals surface area (Å²) in [7, 11) is 0. The van der Waals surface area contributed by atoms with Gasteiger partial charge in [0.25, 0.3) is 0 Å². The van der Waals surface area contributed by atoms with Crippen LogP contribution >= 0.6 is 0 Å². The van der Waals surface area contributed by atoms with Gasteiger partial charge >= 0.3 is 0 Å². The van der Waals surface area contributed by atoms with Gasteiger partial charge in [-0.15, -0.1) is 0 Å². The predicted molar refractivity (Wildman–Crippen MR) is 114 cm³/mol. The van der Waals surface area contributed by atoms with Crippen LogP contribution in [0.5, 0.6) is 0 Å². The van der Waals surface area contributed by atoms with Crippen molar-refractivity contribution < 1.29 is 5.21 Å². The van der Waals surface area contributed by atoms with E-state index < -0.39 is 0 Å². The zero-order valence-electron chi connectivity index (χ0n) is 18.1. The van der Waals surface area contributed by atoms with Crippen LogP contribution in [0, 0.1) is 0 Å². The molecule has 3 nitrogen and oxygen atoms in total. The van der Waals surface area contributed by atoms with Crippen molar-refractivity contribution in [2.24, 2.45) is 0 Å². The summed E-state index contributed by atoms with van der Waals surface area (Å²) in [5.41, 5.74) is 0. The molecule has 26 heavy (non-hydrogen) atoms. The highest BCUT2D eigenvalue weighted by Crippen LogP contribution is 2.20. The first-order valence-corrected chi connectivity index (χ1v) is 12.0. The van der Waals surface area contributed by atoms with Crippen LogP contribution in [0.15, 0.2) is 0 Å². The molecule has 0 aromatic heterocycles. The van der Waals surface area contributed by atoms with Crippen molar-refractivity contribution in [1.82, 2.24) is 9.96 Å². The van der Waals surface area contributed by atoms with E-state index in [1.807, 2.05) is 0 Å². The molecule has 1 aliphatic rings. The van der Waals surface area contributed by atoms with Crippen LogP contribution < -0.4 is 0 Å². The molecule has 0 saturated carbocycles. The molecule has 0 bridgehead atoms. The van der Waals surface area contributed by atoms with Gasteiger partial charge < -0.3 is 5.21 Å². The van der Waals surface area contributed by atoms with E-state index in [2.05, 4.69) is 18.7 Å². The lowest BCUT2D eigenvalue weighted by Crippen LogP contribution is -2.37. The topological polar surface area (TPSA) is 26.7 Å². The van der Waals surface area contributed by atoms with Gasteiger partial charge in [-0.25, -0.2) is 0 Å². The molecule has 1 aliphatic heterocycles. The van der Waals surface area contributed by atoms with Crippen molar-refractivity contribution >= 4 is 0 Å². The molecular formula is C23H48N2O. The molecule has 3 heteroatoms. The molecule has 0 spiro atoms. The van der Waals surface area contributed by atoms with E-state index in [-0.39, 0.29) is 0 Å². The molecule has 0 aromatic rings. The minimum Gasteiger partial charge on any atom is -0.312 e. The Balaban J connectivity index is 1.85. The van der Waals surface area contributed by atoms with Crippen molar-refractivity contribution in [3.63, 3.8) is 0 Å². The van der Waals surface area contributed by atoms with Crippen molar-refractivity contribution in [2.75, 3.05) is 19.6 Å². The van der Waals surface area contributed by atoms with Crippen LogP contribution in [0.1, 0.15) is 123 Å². The average molecular weight is 369 g/mol. The second kappa shape index (κ2) is 17.0. The number of hydrogen-bond donors (Lipinski definition) is 1. The molecule has 1 fully saturated rings. The van der Waals surface area contributed by atoms with E-state index in [4.69, 9.17) is 0 Å². The van der Waals surface area contributed by atoms with Gasteiger partial charge in [-0.05, 0) is 19.4 Å². The maximum absolute atomic E-state index is 10.1. The van der Waals surface area contributed by atoms with Crippen LogP contribution in [-0.4, -0.2) is 41.0 Å². The van der Waals surface area contributed by atoms with Crippen molar-refractivity contribution in [2.45, 2.75) is 129 Å². The van der Waals surface area contributed by atoms with Crippen molar-refractivity contribution in [3.8, 4) is 0 Å². The minimum atomic E-state index is 0.291. The Bertz CT molecular complexity index is 298. The third-order valence-electron chi connectivity index (χ3n) is 6.00. The minimum absolute atomic E-state index is 0.291. The largest absolute Gasteiger partial charge is 0.312 e.